The maximum atomic E-state index is 12.0. The Morgan fingerprint density at radius 1 is 1.04 bits per heavy atom. The number of sulfonamides is 1. The Morgan fingerprint density at radius 3 is 2.30 bits per heavy atom. The standard InChI is InChI=1S/C19H25N3O4S/c1-26-18-10-8-16(9-11-18)12-14-22(27(2,24)25)15-13-20-19(23)21-17-6-4-3-5-7-17/h3-11H,12-15H2,1-2H3,(H2,20,21,23). The molecule has 0 aliphatic rings. The molecule has 0 aromatic heterocycles. The molecule has 0 bridgehead atoms. The molecule has 0 heterocycles. The summed E-state index contributed by atoms with van der Waals surface area (Å²) in [6, 6.07) is 16.2. The number of carbonyl (C=O) groups is 1. The highest BCUT2D eigenvalue weighted by Crippen LogP contribution is 2.12. The number of carbonyl (C=O) groups excluding carboxylic acids is 1. The van der Waals surface area contributed by atoms with Crippen molar-refractivity contribution in [2.45, 2.75) is 6.42 Å². The van der Waals surface area contributed by atoms with Crippen molar-refractivity contribution in [3.05, 3.63) is 60.2 Å². The fraction of sp³-hybridized carbons (Fsp3) is 0.316. The van der Waals surface area contributed by atoms with Crippen molar-refractivity contribution >= 4 is 21.7 Å². The van der Waals surface area contributed by atoms with Gasteiger partial charge in [-0.25, -0.2) is 17.5 Å². The average Bonchev–Trinajstić information content (AvgIpc) is 2.64. The molecule has 2 aromatic rings. The zero-order valence-corrected chi connectivity index (χ0v) is 16.3. The lowest BCUT2D eigenvalue weighted by molar-refractivity contribution is 0.251. The van der Waals surface area contributed by atoms with Gasteiger partial charge in [0.25, 0.3) is 0 Å². The third-order valence-corrected chi connectivity index (χ3v) is 5.26. The van der Waals surface area contributed by atoms with Crippen LogP contribution in [0.3, 0.4) is 0 Å². The number of nitrogens with zero attached hydrogens (tertiary/aromatic N) is 1. The largest absolute Gasteiger partial charge is 0.497 e. The van der Waals surface area contributed by atoms with E-state index in [-0.39, 0.29) is 19.1 Å². The van der Waals surface area contributed by atoms with Crippen LogP contribution in [0.2, 0.25) is 0 Å². The smallest absolute Gasteiger partial charge is 0.319 e. The molecule has 0 aliphatic heterocycles. The molecule has 0 unspecified atom stereocenters. The van der Waals surface area contributed by atoms with Gasteiger partial charge in [0.1, 0.15) is 5.75 Å². The lowest BCUT2D eigenvalue weighted by Crippen LogP contribution is -2.40. The molecule has 0 aliphatic carbocycles. The Bertz CT molecular complexity index is 824. The van der Waals surface area contributed by atoms with E-state index in [0.717, 1.165) is 11.3 Å². The van der Waals surface area contributed by atoms with Gasteiger partial charge in [0.05, 0.1) is 13.4 Å². The maximum Gasteiger partial charge on any atom is 0.319 e. The molecular formula is C19H25N3O4S. The molecule has 2 aromatic carbocycles. The van der Waals surface area contributed by atoms with E-state index in [0.29, 0.717) is 18.7 Å². The molecule has 27 heavy (non-hydrogen) atoms. The van der Waals surface area contributed by atoms with Crippen LogP contribution >= 0.6 is 0 Å². The SMILES string of the molecule is COc1ccc(CCN(CCNC(=O)Nc2ccccc2)S(C)(=O)=O)cc1. The molecule has 8 heteroatoms. The minimum absolute atomic E-state index is 0.206. The Labute approximate surface area is 160 Å². The predicted molar refractivity (Wildman–Crippen MR) is 107 cm³/mol. The van der Waals surface area contributed by atoms with Crippen LogP contribution in [0.4, 0.5) is 10.5 Å². The maximum absolute atomic E-state index is 12.0. The second-order valence-electron chi connectivity index (χ2n) is 6.01. The lowest BCUT2D eigenvalue weighted by Gasteiger charge is -2.20. The van der Waals surface area contributed by atoms with E-state index < -0.39 is 10.0 Å². The molecular weight excluding hydrogens is 366 g/mol. The monoisotopic (exact) mass is 391 g/mol. The molecule has 0 radical (unpaired) electrons. The molecule has 2 N–H and O–H groups in total. The van der Waals surface area contributed by atoms with Crippen molar-refractivity contribution in [1.82, 2.24) is 9.62 Å². The van der Waals surface area contributed by atoms with Gasteiger partial charge in [-0.2, -0.15) is 0 Å². The molecule has 0 atom stereocenters. The molecule has 2 amide bonds. The average molecular weight is 391 g/mol. The molecule has 0 saturated heterocycles. The van der Waals surface area contributed by atoms with Crippen molar-refractivity contribution in [3.8, 4) is 5.75 Å². The van der Waals surface area contributed by atoms with E-state index in [1.54, 1.807) is 19.2 Å². The number of methoxy groups -OCH3 is 1. The molecule has 0 saturated carbocycles. The van der Waals surface area contributed by atoms with Crippen molar-refractivity contribution < 1.29 is 17.9 Å². The summed E-state index contributed by atoms with van der Waals surface area (Å²) in [6.45, 7) is 0.763. The van der Waals surface area contributed by atoms with Gasteiger partial charge < -0.3 is 15.4 Å². The molecule has 0 spiro atoms. The number of urea groups is 1. The van der Waals surface area contributed by atoms with Gasteiger partial charge in [0.15, 0.2) is 0 Å². The van der Waals surface area contributed by atoms with Crippen LogP contribution in [-0.4, -0.2) is 51.8 Å². The quantitative estimate of drug-likeness (QED) is 0.687. The van der Waals surface area contributed by atoms with E-state index in [9.17, 15) is 13.2 Å². The summed E-state index contributed by atoms with van der Waals surface area (Å²) in [6.07, 6.45) is 1.75. The molecule has 146 valence electrons. The van der Waals surface area contributed by atoms with Crippen LogP contribution in [0.15, 0.2) is 54.6 Å². The zero-order valence-electron chi connectivity index (χ0n) is 15.5. The Morgan fingerprint density at radius 2 is 1.70 bits per heavy atom. The number of hydrogen-bond donors (Lipinski definition) is 2. The fourth-order valence-corrected chi connectivity index (χ4v) is 3.33. The van der Waals surface area contributed by atoms with Crippen LogP contribution < -0.4 is 15.4 Å². The fourth-order valence-electron chi connectivity index (χ4n) is 2.48. The van der Waals surface area contributed by atoms with E-state index in [1.165, 1.54) is 10.6 Å². The predicted octanol–water partition coefficient (Wildman–Crippen LogP) is 2.32. The first-order valence-electron chi connectivity index (χ1n) is 8.56. The van der Waals surface area contributed by atoms with Crippen LogP contribution in [-0.2, 0) is 16.4 Å². The van der Waals surface area contributed by atoms with Crippen molar-refractivity contribution in [2.24, 2.45) is 0 Å². The lowest BCUT2D eigenvalue weighted by atomic mass is 10.1. The van der Waals surface area contributed by atoms with Crippen LogP contribution in [0, 0.1) is 0 Å². The second-order valence-corrected chi connectivity index (χ2v) is 7.99. The minimum Gasteiger partial charge on any atom is -0.497 e. The number of benzene rings is 2. The van der Waals surface area contributed by atoms with Crippen molar-refractivity contribution in [1.29, 1.82) is 0 Å². The highest BCUT2D eigenvalue weighted by molar-refractivity contribution is 7.88. The number of para-hydroxylation sites is 1. The summed E-state index contributed by atoms with van der Waals surface area (Å²) in [5.74, 6) is 0.757. The van der Waals surface area contributed by atoms with Gasteiger partial charge in [-0.1, -0.05) is 30.3 Å². The van der Waals surface area contributed by atoms with E-state index in [1.807, 2.05) is 42.5 Å². The molecule has 0 fully saturated rings. The zero-order chi connectivity index (χ0) is 19.7. The summed E-state index contributed by atoms with van der Waals surface area (Å²) in [5, 5.41) is 5.37. The summed E-state index contributed by atoms with van der Waals surface area (Å²) >= 11 is 0. The summed E-state index contributed by atoms with van der Waals surface area (Å²) < 4.78 is 30.5. The normalized spacial score (nSPS) is 11.2. The Hall–Kier alpha value is -2.58. The van der Waals surface area contributed by atoms with Crippen LogP contribution in [0.25, 0.3) is 0 Å². The Kier molecular flexibility index (Phi) is 7.63. The number of rotatable bonds is 9. The van der Waals surface area contributed by atoms with Crippen molar-refractivity contribution in [2.75, 3.05) is 38.3 Å². The topological polar surface area (TPSA) is 87.7 Å². The van der Waals surface area contributed by atoms with Gasteiger partial charge in [-0.15, -0.1) is 0 Å². The van der Waals surface area contributed by atoms with Gasteiger partial charge in [0.2, 0.25) is 10.0 Å². The number of ether oxygens (including phenoxy) is 1. The Balaban J connectivity index is 1.82. The second kappa shape index (κ2) is 9.94. The van der Waals surface area contributed by atoms with E-state index >= 15 is 0 Å². The van der Waals surface area contributed by atoms with Crippen LogP contribution in [0.5, 0.6) is 5.75 Å². The number of anilines is 1. The first-order valence-corrected chi connectivity index (χ1v) is 10.4. The van der Waals surface area contributed by atoms with E-state index in [4.69, 9.17) is 4.74 Å². The van der Waals surface area contributed by atoms with Gasteiger partial charge in [-0.05, 0) is 36.2 Å². The van der Waals surface area contributed by atoms with Crippen molar-refractivity contribution in [3.63, 3.8) is 0 Å². The van der Waals surface area contributed by atoms with Gasteiger partial charge >= 0.3 is 6.03 Å². The highest BCUT2D eigenvalue weighted by atomic mass is 32.2. The summed E-state index contributed by atoms with van der Waals surface area (Å²) in [7, 11) is -1.77. The number of amides is 2. The third kappa shape index (κ3) is 7.28. The first kappa shape index (κ1) is 20.7. The summed E-state index contributed by atoms with van der Waals surface area (Å²) in [5.41, 5.74) is 1.69. The third-order valence-electron chi connectivity index (χ3n) is 3.96. The van der Waals surface area contributed by atoms with E-state index in [2.05, 4.69) is 10.6 Å². The summed E-state index contributed by atoms with van der Waals surface area (Å²) in [4.78, 5) is 11.9. The van der Waals surface area contributed by atoms with Crippen LogP contribution in [0.1, 0.15) is 5.56 Å². The molecule has 7 nitrogen and oxygen atoms in total. The van der Waals surface area contributed by atoms with Gasteiger partial charge in [0, 0.05) is 25.3 Å². The number of nitrogens with one attached hydrogen (secondary N) is 2. The highest BCUT2D eigenvalue weighted by Gasteiger charge is 2.16. The first-order chi connectivity index (χ1) is 12.9. The molecule has 2 rings (SSSR count). The minimum atomic E-state index is -3.37. The number of hydrogen-bond acceptors (Lipinski definition) is 4. The van der Waals surface area contributed by atoms with Gasteiger partial charge in [-0.3, -0.25) is 0 Å².